The second kappa shape index (κ2) is 25.1. The van der Waals surface area contributed by atoms with Crippen LogP contribution < -0.4 is 5.32 Å². The van der Waals surface area contributed by atoms with Crippen LogP contribution in [0, 0.1) is 0 Å². The van der Waals surface area contributed by atoms with Crippen molar-refractivity contribution in [1.82, 2.24) is 19.8 Å². The third kappa shape index (κ3) is 21.6. The Labute approximate surface area is 403 Å². The Morgan fingerprint density at radius 1 is 0.618 bits per heavy atom. The lowest BCUT2D eigenvalue weighted by molar-refractivity contribution is -0.197. The normalized spacial score (nSPS) is 17.6. The average molecular weight is 958 g/mol. The molecule has 1 heterocycles. The van der Waals surface area contributed by atoms with Gasteiger partial charge in [0.1, 0.15) is 22.4 Å². The van der Waals surface area contributed by atoms with Crippen LogP contribution in [-0.2, 0) is 68.6 Å². The summed E-state index contributed by atoms with van der Waals surface area (Å²) in [5, 5.41) is 3.30. The van der Waals surface area contributed by atoms with Gasteiger partial charge in [-0.15, -0.1) is 5.06 Å². The van der Waals surface area contributed by atoms with Gasteiger partial charge in [0, 0.05) is 56.0 Å². The summed E-state index contributed by atoms with van der Waals surface area (Å²) < 4.78 is 23.2. The standard InChI is InChI=1S/C50H79N5O13/c1-14-52(30-43(60)64-47(2,3)4)37-18-15-16-19-38(37)54(33-46(63)67-50(11,12)13)29-36(53(31-44(61)65-48(5,6)7)32-45(62)66-49(8,9)10)28-34-22-24-35(25-23-34)51-39(56)20-17-21-42(59)68-55-40(57)26-27-41(55)58/h22-25,36-38H,14-21,26-33H2,1-13H3,(H,51,56)/t36-,37+,38+/m1/s1. The van der Waals surface area contributed by atoms with E-state index in [0.29, 0.717) is 23.7 Å². The zero-order valence-corrected chi connectivity index (χ0v) is 43.0. The maximum Gasteiger partial charge on any atom is 0.333 e. The fourth-order valence-electron chi connectivity index (χ4n) is 8.20. The van der Waals surface area contributed by atoms with Crippen LogP contribution >= 0.6 is 0 Å². The monoisotopic (exact) mass is 958 g/mol. The summed E-state index contributed by atoms with van der Waals surface area (Å²) in [7, 11) is 0. The molecule has 0 unspecified atom stereocenters. The Kier molecular flexibility index (Phi) is 21.2. The average Bonchev–Trinajstić information content (AvgIpc) is 3.49. The van der Waals surface area contributed by atoms with Gasteiger partial charge in [-0.3, -0.25) is 48.3 Å². The van der Waals surface area contributed by atoms with Crippen molar-refractivity contribution < 1.29 is 62.1 Å². The van der Waals surface area contributed by atoms with Crippen LogP contribution in [0.2, 0.25) is 0 Å². The SMILES string of the molecule is CCN(CC(=O)OC(C)(C)C)[C@H]1CCCC[C@@H]1N(CC(=O)OC(C)(C)C)C[C@@H](Cc1ccc(NC(=O)CCCC(=O)ON2C(=O)CCC2=O)cc1)N(CC(=O)OC(C)(C)C)CC(=O)OC(C)(C)C. The lowest BCUT2D eigenvalue weighted by atomic mass is 9.87. The second-order valence-corrected chi connectivity index (χ2v) is 21.7. The van der Waals surface area contributed by atoms with Gasteiger partial charge >= 0.3 is 29.8 Å². The smallest absolute Gasteiger partial charge is 0.333 e. The number of amides is 3. The largest absolute Gasteiger partial charge is 0.459 e. The highest BCUT2D eigenvalue weighted by Crippen LogP contribution is 2.30. The number of nitrogens with zero attached hydrogens (tertiary/aromatic N) is 4. The Hall–Kier alpha value is -4.94. The van der Waals surface area contributed by atoms with Gasteiger partial charge in [-0.1, -0.05) is 31.9 Å². The summed E-state index contributed by atoms with van der Waals surface area (Å²) in [4.78, 5) is 114. The van der Waals surface area contributed by atoms with Gasteiger partial charge in [-0.25, -0.2) is 4.79 Å². The number of carbonyl (C=O) groups excluding carboxylic acids is 8. The van der Waals surface area contributed by atoms with Crippen molar-refractivity contribution in [1.29, 1.82) is 0 Å². The molecule has 0 spiro atoms. The predicted octanol–water partition coefficient (Wildman–Crippen LogP) is 5.92. The molecule has 18 heteroatoms. The van der Waals surface area contributed by atoms with Crippen LogP contribution in [0.4, 0.5) is 5.69 Å². The van der Waals surface area contributed by atoms with Crippen molar-refractivity contribution in [2.75, 3.05) is 44.6 Å². The minimum absolute atomic E-state index is 0.0194. The van der Waals surface area contributed by atoms with Crippen LogP contribution in [-0.4, -0.2) is 147 Å². The van der Waals surface area contributed by atoms with Gasteiger partial charge in [-0.2, -0.15) is 0 Å². The quantitative estimate of drug-likeness (QED) is 0.0813. The van der Waals surface area contributed by atoms with Gasteiger partial charge in [0.05, 0.1) is 26.2 Å². The molecule has 2 aliphatic rings. The fraction of sp³-hybridized carbons (Fsp3) is 0.720. The van der Waals surface area contributed by atoms with Crippen molar-refractivity contribution in [2.45, 2.75) is 195 Å². The number of hydroxylamine groups is 2. The minimum Gasteiger partial charge on any atom is -0.459 e. The molecule has 1 saturated carbocycles. The lowest BCUT2D eigenvalue weighted by Gasteiger charge is -2.46. The van der Waals surface area contributed by atoms with Gasteiger partial charge < -0.3 is 29.1 Å². The summed E-state index contributed by atoms with van der Waals surface area (Å²) in [5.41, 5.74) is -1.83. The number of anilines is 1. The molecule has 382 valence electrons. The molecule has 1 aliphatic heterocycles. The molecule has 0 radical (unpaired) electrons. The van der Waals surface area contributed by atoms with Gasteiger partial charge in [0.15, 0.2) is 0 Å². The van der Waals surface area contributed by atoms with Crippen molar-refractivity contribution in [3.63, 3.8) is 0 Å². The topological polar surface area (TPSA) is 208 Å². The maximum atomic E-state index is 13.9. The molecule has 2 fully saturated rings. The molecule has 1 aromatic rings. The molecular weight excluding hydrogens is 879 g/mol. The van der Waals surface area contributed by atoms with Crippen molar-refractivity contribution in [3.05, 3.63) is 29.8 Å². The lowest BCUT2D eigenvalue weighted by Crippen LogP contribution is -2.59. The molecular formula is C50H79N5O13. The fourth-order valence-corrected chi connectivity index (χ4v) is 8.20. The number of carbonyl (C=O) groups is 8. The summed E-state index contributed by atoms with van der Waals surface area (Å²) >= 11 is 0. The summed E-state index contributed by atoms with van der Waals surface area (Å²) in [6, 6.07) is 6.10. The number of likely N-dealkylation sites (N-methyl/N-ethyl adjacent to an activating group) is 1. The number of hydrogen-bond donors (Lipinski definition) is 1. The van der Waals surface area contributed by atoms with E-state index in [-0.39, 0.29) is 95.2 Å². The maximum absolute atomic E-state index is 13.9. The van der Waals surface area contributed by atoms with Crippen molar-refractivity contribution >= 4 is 53.3 Å². The zero-order chi connectivity index (χ0) is 51.2. The number of hydrogen-bond acceptors (Lipinski definition) is 16. The van der Waals surface area contributed by atoms with E-state index in [1.807, 2.05) is 39.8 Å². The number of benzene rings is 1. The Balaban J connectivity index is 2.01. The molecule has 0 bridgehead atoms. The molecule has 1 saturated heterocycles. The first-order valence-electron chi connectivity index (χ1n) is 23.9. The highest BCUT2D eigenvalue weighted by atomic mass is 16.7. The van der Waals surface area contributed by atoms with E-state index >= 15 is 0 Å². The Morgan fingerprint density at radius 3 is 1.49 bits per heavy atom. The number of ether oxygens (including phenoxy) is 4. The van der Waals surface area contributed by atoms with Gasteiger partial charge in [0.25, 0.3) is 11.8 Å². The molecule has 3 atom stereocenters. The molecule has 1 N–H and O–H groups in total. The van der Waals surface area contributed by atoms with Crippen molar-refractivity contribution in [3.8, 4) is 0 Å². The number of esters is 4. The molecule has 3 rings (SSSR count). The molecule has 18 nitrogen and oxygen atoms in total. The summed E-state index contributed by atoms with van der Waals surface area (Å²) in [5.74, 6) is -4.24. The van der Waals surface area contributed by atoms with Crippen LogP contribution in [0.3, 0.4) is 0 Å². The minimum atomic E-state index is -0.821. The number of rotatable bonds is 22. The van der Waals surface area contributed by atoms with Crippen LogP contribution in [0.1, 0.15) is 153 Å². The third-order valence-corrected chi connectivity index (χ3v) is 10.7. The molecule has 1 aliphatic carbocycles. The van der Waals surface area contributed by atoms with E-state index < -0.39 is 64.1 Å². The zero-order valence-electron chi connectivity index (χ0n) is 43.0. The molecule has 68 heavy (non-hydrogen) atoms. The Morgan fingerprint density at radius 2 is 1.04 bits per heavy atom. The van der Waals surface area contributed by atoms with E-state index in [2.05, 4.69) is 15.1 Å². The highest BCUT2D eigenvalue weighted by Gasteiger charge is 2.39. The second-order valence-electron chi connectivity index (χ2n) is 21.7. The molecule has 3 amide bonds. The van der Waals surface area contributed by atoms with Crippen molar-refractivity contribution in [2.24, 2.45) is 0 Å². The first-order chi connectivity index (χ1) is 31.4. The summed E-state index contributed by atoms with van der Waals surface area (Å²) in [6.07, 6.45) is 3.39. The number of imide groups is 1. The first kappa shape index (κ1) is 57.4. The van der Waals surface area contributed by atoms with E-state index in [1.54, 1.807) is 79.3 Å². The first-order valence-corrected chi connectivity index (χ1v) is 23.9. The molecule has 1 aromatic carbocycles. The van der Waals surface area contributed by atoms with Gasteiger partial charge in [-0.05, 0) is 133 Å². The third-order valence-electron chi connectivity index (χ3n) is 10.7. The highest BCUT2D eigenvalue weighted by molar-refractivity contribution is 6.01. The van der Waals surface area contributed by atoms with E-state index in [1.165, 1.54) is 0 Å². The van der Waals surface area contributed by atoms with Crippen LogP contribution in [0.15, 0.2) is 24.3 Å². The van der Waals surface area contributed by atoms with Crippen LogP contribution in [0.5, 0.6) is 0 Å². The van der Waals surface area contributed by atoms with Crippen LogP contribution in [0.25, 0.3) is 0 Å². The van der Waals surface area contributed by atoms with Gasteiger partial charge in [0.2, 0.25) is 5.91 Å². The van der Waals surface area contributed by atoms with E-state index in [4.69, 9.17) is 23.8 Å². The van der Waals surface area contributed by atoms with E-state index in [9.17, 15) is 38.4 Å². The predicted molar refractivity (Wildman–Crippen MR) is 253 cm³/mol. The van der Waals surface area contributed by atoms with E-state index in [0.717, 1.165) is 24.8 Å². The number of nitrogens with one attached hydrogen (secondary N) is 1. The molecule has 0 aromatic heterocycles. The summed E-state index contributed by atoms with van der Waals surface area (Å²) in [6.45, 7) is 23.6. The Bertz CT molecular complexity index is 1860.